The van der Waals surface area contributed by atoms with Crippen molar-refractivity contribution < 1.29 is 27.1 Å². The first-order valence-corrected chi connectivity index (χ1v) is 10.1. The molecule has 0 aromatic heterocycles. The molecule has 1 aliphatic heterocycles. The lowest BCUT2D eigenvalue weighted by atomic mass is 10.2. The van der Waals surface area contributed by atoms with Crippen LogP contribution in [0.2, 0.25) is 0 Å². The van der Waals surface area contributed by atoms with Gasteiger partial charge >= 0.3 is 0 Å². The SMILES string of the molecule is Cc1cc2c(cc1S(=O)(=O)[C@H](C)CC(=O)Nc1ccccc1F)OCC(=O)N2. The van der Waals surface area contributed by atoms with Crippen LogP contribution in [0.15, 0.2) is 41.3 Å². The number of carbonyl (C=O) groups is 2. The predicted octanol–water partition coefficient (Wildman–Crippen LogP) is 2.66. The number of ether oxygens (including phenoxy) is 1. The lowest BCUT2D eigenvalue weighted by molar-refractivity contribution is -0.118. The van der Waals surface area contributed by atoms with Gasteiger partial charge in [-0.3, -0.25) is 9.59 Å². The zero-order valence-electron chi connectivity index (χ0n) is 15.3. The van der Waals surface area contributed by atoms with Gasteiger partial charge in [0, 0.05) is 12.5 Å². The average Bonchev–Trinajstić information content (AvgIpc) is 2.62. The van der Waals surface area contributed by atoms with Gasteiger partial charge in [-0.15, -0.1) is 0 Å². The van der Waals surface area contributed by atoms with Crippen molar-refractivity contribution in [1.82, 2.24) is 0 Å². The second-order valence-electron chi connectivity index (χ2n) is 6.54. The number of rotatable bonds is 5. The molecular weight excluding hydrogens is 387 g/mol. The highest BCUT2D eigenvalue weighted by atomic mass is 32.2. The van der Waals surface area contributed by atoms with Gasteiger partial charge in [0.25, 0.3) is 5.91 Å². The smallest absolute Gasteiger partial charge is 0.262 e. The molecule has 0 saturated heterocycles. The standard InChI is InChI=1S/C19H19FN2O5S/c1-11-7-15-16(27-10-19(24)22-15)9-17(11)28(25,26)12(2)8-18(23)21-14-6-4-3-5-13(14)20/h3-7,9,12H,8,10H2,1-2H3,(H,21,23)(H,22,24)/t12-/m1/s1. The third-order valence-corrected chi connectivity index (χ3v) is 6.65. The van der Waals surface area contributed by atoms with E-state index in [0.29, 0.717) is 11.3 Å². The molecule has 2 amide bonds. The fourth-order valence-corrected chi connectivity index (χ4v) is 4.46. The number of hydrogen-bond acceptors (Lipinski definition) is 5. The van der Waals surface area contributed by atoms with Crippen LogP contribution in [0.1, 0.15) is 18.9 Å². The zero-order valence-corrected chi connectivity index (χ0v) is 16.1. The van der Waals surface area contributed by atoms with Crippen LogP contribution < -0.4 is 15.4 Å². The molecule has 0 aliphatic carbocycles. The average molecular weight is 406 g/mol. The third-order valence-electron chi connectivity index (χ3n) is 4.37. The number of aryl methyl sites for hydroxylation is 1. The molecule has 0 saturated carbocycles. The Labute approximate surface area is 161 Å². The number of benzene rings is 2. The van der Waals surface area contributed by atoms with Crippen LogP contribution in [-0.4, -0.2) is 32.1 Å². The highest BCUT2D eigenvalue weighted by Gasteiger charge is 2.29. The van der Waals surface area contributed by atoms with Crippen LogP contribution in [-0.2, 0) is 19.4 Å². The van der Waals surface area contributed by atoms with Crippen molar-refractivity contribution in [3.05, 3.63) is 47.8 Å². The van der Waals surface area contributed by atoms with Crippen molar-refractivity contribution in [3.8, 4) is 5.75 Å². The van der Waals surface area contributed by atoms with Crippen molar-refractivity contribution in [2.24, 2.45) is 0 Å². The molecule has 0 fully saturated rings. The summed E-state index contributed by atoms with van der Waals surface area (Å²) in [5, 5.41) is 3.95. The summed E-state index contributed by atoms with van der Waals surface area (Å²) >= 11 is 0. The van der Waals surface area contributed by atoms with Gasteiger partial charge in [-0.25, -0.2) is 12.8 Å². The fourth-order valence-electron chi connectivity index (χ4n) is 2.87. The van der Waals surface area contributed by atoms with Crippen LogP contribution in [0, 0.1) is 12.7 Å². The summed E-state index contributed by atoms with van der Waals surface area (Å²) in [6.45, 7) is 2.81. The molecule has 1 aliphatic rings. The molecule has 0 spiro atoms. The van der Waals surface area contributed by atoms with Crippen LogP contribution >= 0.6 is 0 Å². The van der Waals surface area contributed by atoms with Crippen molar-refractivity contribution in [2.75, 3.05) is 17.2 Å². The van der Waals surface area contributed by atoms with Crippen molar-refractivity contribution in [1.29, 1.82) is 0 Å². The summed E-state index contributed by atoms with van der Waals surface area (Å²) < 4.78 is 44.9. The highest BCUT2D eigenvalue weighted by molar-refractivity contribution is 7.92. The molecule has 0 radical (unpaired) electrons. The van der Waals surface area contributed by atoms with Gasteiger partial charge in [0.2, 0.25) is 5.91 Å². The van der Waals surface area contributed by atoms with E-state index in [1.807, 2.05) is 0 Å². The Morgan fingerprint density at radius 1 is 1.32 bits per heavy atom. The minimum absolute atomic E-state index is 0.00815. The van der Waals surface area contributed by atoms with Gasteiger partial charge in [0.15, 0.2) is 16.4 Å². The predicted molar refractivity (Wildman–Crippen MR) is 102 cm³/mol. The van der Waals surface area contributed by atoms with E-state index in [0.717, 1.165) is 0 Å². The molecule has 9 heteroatoms. The summed E-state index contributed by atoms with van der Waals surface area (Å²) in [6, 6.07) is 8.52. The highest BCUT2D eigenvalue weighted by Crippen LogP contribution is 2.34. The Balaban J connectivity index is 1.79. The molecule has 0 unspecified atom stereocenters. The molecule has 1 heterocycles. The molecule has 7 nitrogen and oxygen atoms in total. The maximum atomic E-state index is 13.7. The Kier molecular flexibility index (Phi) is 5.37. The number of halogens is 1. The summed E-state index contributed by atoms with van der Waals surface area (Å²) in [7, 11) is -3.86. The largest absolute Gasteiger partial charge is 0.482 e. The van der Waals surface area contributed by atoms with Gasteiger partial charge in [-0.1, -0.05) is 12.1 Å². The number of carbonyl (C=O) groups excluding carboxylic acids is 2. The number of hydrogen-bond donors (Lipinski definition) is 2. The number of fused-ring (bicyclic) bond motifs is 1. The minimum Gasteiger partial charge on any atom is -0.482 e. The summed E-state index contributed by atoms with van der Waals surface area (Å²) in [5.74, 6) is -1.27. The van der Waals surface area contributed by atoms with E-state index >= 15 is 0 Å². The van der Waals surface area contributed by atoms with E-state index in [-0.39, 0.29) is 35.3 Å². The van der Waals surface area contributed by atoms with Crippen molar-refractivity contribution >= 4 is 33.0 Å². The Hall–Kier alpha value is -2.94. The lowest BCUT2D eigenvalue weighted by Crippen LogP contribution is -2.27. The number of anilines is 2. The first-order chi connectivity index (χ1) is 13.2. The van der Waals surface area contributed by atoms with E-state index in [1.165, 1.54) is 37.3 Å². The summed E-state index contributed by atoms with van der Waals surface area (Å²) in [4.78, 5) is 23.6. The number of nitrogens with one attached hydrogen (secondary N) is 2. The topological polar surface area (TPSA) is 102 Å². The monoisotopic (exact) mass is 406 g/mol. The molecular formula is C19H19FN2O5S. The Bertz CT molecular complexity index is 1050. The molecule has 2 N–H and O–H groups in total. The molecule has 2 aromatic carbocycles. The van der Waals surface area contributed by atoms with E-state index in [1.54, 1.807) is 13.0 Å². The first-order valence-electron chi connectivity index (χ1n) is 8.54. The Morgan fingerprint density at radius 3 is 2.75 bits per heavy atom. The molecule has 1 atom stereocenters. The van der Waals surface area contributed by atoms with Crippen LogP contribution in [0.25, 0.3) is 0 Å². The van der Waals surface area contributed by atoms with Gasteiger partial charge in [-0.2, -0.15) is 0 Å². The quantitative estimate of drug-likeness (QED) is 0.795. The molecule has 3 rings (SSSR count). The number of para-hydroxylation sites is 1. The second kappa shape index (κ2) is 7.59. The first kappa shape index (κ1) is 19.8. The summed E-state index contributed by atoms with van der Waals surface area (Å²) in [5.41, 5.74) is 0.815. The van der Waals surface area contributed by atoms with E-state index in [2.05, 4.69) is 10.6 Å². The van der Waals surface area contributed by atoms with Crippen LogP contribution in [0.3, 0.4) is 0 Å². The number of amides is 2. The Morgan fingerprint density at radius 2 is 2.04 bits per heavy atom. The second-order valence-corrected chi connectivity index (χ2v) is 8.87. The fraction of sp³-hybridized carbons (Fsp3) is 0.263. The third kappa shape index (κ3) is 3.99. The van der Waals surface area contributed by atoms with Crippen LogP contribution in [0.5, 0.6) is 5.75 Å². The summed E-state index contributed by atoms with van der Waals surface area (Å²) in [6.07, 6.45) is -0.342. The zero-order chi connectivity index (χ0) is 20.5. The molecule has 28 heavy (non-hydrogen) atoms. The lowest BCUT2D eigenvalue weighted by Gasteiger charge is -2.21. The van der Waals surface area contributed by atoms with Crippen molar-refractivity contribution in [2.45, 2.75) is 30.4 Å². The van der Waals surface area contributed by atoms with E-state index < -0.39 is 26.8 Å². The van der Waals surface area contributed by atoms with E-state index in [4.69, 9.17) is 4.74 Å². The molecule has 148 valence electrons. The normalized spacial score (nSPS) is 14.5. The van der Waals surface area contributed by atoms with Gasteiger partial charge in [-0.05, 0) is 37.6 Å². The molecule has 0 bridgehead atoms. The van der Waals surface area contributed by atoms with Crippen molar-refractivity contribution in [3.63, 3.8) is 0 Å². The van der Waals surface area contributed by atoms with Gasteiger partial charge in [0.1, 0.15) is 11.6 Å². The maximum Gasteiger partial charge on any atom is 0.262 e. The number of sulfone groups is 1. The van der Waals surface area contributed by atoms with Gasteiger partial charge < -0.3 is 15.4 Å². The minimum atomic E-state index is -3.86. The van der Waals surface area contributed by atoms with Gasteiger partial charge in [0.05, 0.1) is 21.5 Å². The maximum absolute atomic E-state index is 13.7. The van der Waals surface area contributed by atoms with E-state index in [9.17, 15) is 22.4 Å². The van der Waals surface area contributed by atoms with Crippen LogP contribution in [0.4, 0.5) is 15.8 Å². The molecule has 2 aromatic rings.